The van der Waals surface area contributed by atoms with Crippen LogP contribution in [0.5, 0.6) is 0 Å². The average Bonchev–Trinajstić information content (AvgIpc) is 2.50. The van der Waals surface area contributed by atoms with E-state index in [1.54, 1.807) is 0 Å². The summed E-state index contributed by atoms with van der Waals surface area (Å²) >= 11 is 0. The molecule has 0 saturated heterocycles. The van der Waals surface area contributed by atoms with E-state index in [9.17, 15) is 5.11 Å². The van der Waals surface area contributed by atoms with Gasteiger partial charge in [0.05, 0.1) is 18.8 Å². The zero-order valence-corrected chi connectivity index (χ0v) is 13.6. The van der Waals surface area contributed by atoms with Gasteiger partial charge in [-0.1, -0.05) is 64.2 Å². The van der Waals surface area contributed by atoms with E-state index in [-0.39, 0.29) is 6.61 Å². The van der Waals surface area contributed by atoms with Crippen molar-refractivity contribution < 1.29 is 10.2 Å². The van der Waals surface area contributed by atoms with Crippen LogP contribution in [-0.2, 0) is 0 Å². The molecule has 124 valence electrons. The largest absolute Gasteiger partial charge is 0.395 e. The molecule has 0 radical (unpaired) electrons. The summed E-state index contributed by atoms with van der Waals surface area (Å²) in [4.78, 5) is 0. The van der Waals surface area contributed by atoms with Crippen LogP contribution in [0.25, 0.3) is 0 Å². The molecule has 0 rings (SSSR count). The molecule has 21 heavy (non-hydrogen) atoms. The van der Waals surface area contributed by atoms with Crippen molar-refractivity contribution in [1.29, 1.82) is 0 Å². The van der Waals surface area contributed by atoms with Crippen molar-refractivity contribution in [3.05, 3.63) is 0 Å². The molecule has 0 amide bonds. The maximum absolute atomic E-state index is 9.60. The van der Waals surface area contributed by atoms with Gasteiger partial charge in [-0.2, -0.15) is 0 Å². The summed E-state index contributed by atoms with van der Waals surface area (Å²) in [6.45, 7) is -0.135. The van der Waals surface area contributed by atoms with Crippen molar-refractivity contribution in [2.75, 3.05) is 6.61 Å². The molecule has 0 aromatic heterocycles. The minimum atomic E-state index is -0.551. The quantitative estimate of drug-likeness (QED) is 0.321. The van der Waals surface area contributed by atoms with Crippen LogP contribution in [0.1, 0.15) is 83.5 Å². The summed E-state index contributed by atoms with van der Waals surface area (Å²) in [6.07, 6.45) is 20.1. The lowest BCUT2D eigenvalue weighted by atomic mass is 10.0. The third kappa shape index (κ3) is 14.2. The van der Waals surface area contributed by atoms with Crippen molar-refractivity contribution in [1.82, 2.24) is 0 Å². The maximum atomic E-state index is 9.60. The molecule has 0 aliphatic rings. The van der Waals surface area contributed by atoms with Crippen LogP contribution < -0.4 is 5.73 Å². The fraction of sp³-hybridized carbons (Fsp3) is 0.889. The van der Waals surface area contributed by atoms with E-state index >= 15 is 0 Å². The van der Waals surface area contributed by atoms with Crippen LogP contribution in [0.4, 0.5) is 0 Å². The molecule has 0 fully saturated rings. The molecule has 0 bridgehead atoms. The summed E-state index contributed by atoms with van der Waals surface area (Å²) in [5.74, 6) is 2.68. The molecule has 2 atom stereocenters. The van der Waals surface area contributed by atoms with Crippen LogP contribution in [0.15, 0.2) is 0 Å². The van der Waals surface area contributed by atoms with Gasteiger partial charge in [0.2, 0.25) is 0 Å². The van der Waals surface area contributed by atoms with E-state index in [0.29, 0.717) is 6.42 Å². The van der Waals surface area contributed by atoms with Crippen LogP contribution in [0.2, 0.25) is 0 Å². The molecule has 3 nitrogen and oxygen atoms in total. The zero-order valence-electron chi connectivity index (χ0n) is 13.6. The van der Waals surface area contributed by atoms with Crippen molar-refractivity contribution in [3.8, 4) is 12.3 Å². The summed E-state index contributed by atoms with van der Waals surface area (Å²) in [5, 5.41) is 18.4. The van der Waals surface area contributed by atoms with Crippen molar-refractivity contribution >= 4 is 0 Å². The molecule has 0 saturated carbocycles. The third-order valence-corrected chi connectivity index (χ3v) is 4.03. The SMILES string of the molecule is C#CCCCCCCCCCCCCC[C@@H](O)[C@@H](N)CO. The standard InChI is InChI=1S/C18H35NO2/c1-2-3-4-5-6-7-8-9-10-11-12-13-14-15-18(21)17(19)16-20/h1,17-18,20-21H,3-16,19H2/t17-,18+/m0/s1. The Morgan fingerprint density at radius 3 is 1.67 bits per heavy atom. The highest BCUT2D eigenvalue weighted by molar-refractivity contribution is 4.82. The third-order valence-electron chi connectivity index (χ3n) is 4.03. The van der Waals surface area contributed by atoms with Gasteiger partial charge >= 0.3 is 0 Å². The van der Waals surface area contributed by atoms with Gasteiger partial charge < -0.3 is 15.9 Å². The number of unbranched alkanes of at least 4 members (excludes halogenated alkanes) is 11. The van der Waals surface area contributed by atoms with E-state index in [1.165, 1.54) is 57.8 Å². The predicted molar refractivity (Wildman–Crippen MR) is 89.9 cm³/mol. The Kier molecular flexibility index (Phi) is 15.4. The number of terminal acetylenes is 1. The van der Waals surface area contributed by atoms with Crippen molar-refractivity contribution in [2.45, 2.75) is 95.6 Å². The molecule has 3 heteroatoms. The monoisotopic (exact) mass is 297 g/mol. The highest BCUT2D eigenvalue weighted by Gasteiger charge is 2.12. The molecule has 0 aliphatic heterocycles. The Labute approximate surface area is 131 Å². The van der Waals surface area contributed by atoms with E-state index in [2.05, 4.69) is 5.92 Å². The Morgan fingerprint density at radius 1 is 0.810 bits per heavy atom. The first-order chi connectivity index (χ1) is 10.2. The van der Waals surface area contributed by atoms with Gasteiger partial charge in [0.1, 0.15) is 0 Å². The van der Waals surface area contributed by atoms with Gasteiger partial charge in [-0.3, -0.25) is 0 Å². The van der Waals surface area contributed by atoms with Crippen molar-refractivity contribution in [2.24, 2.45) is 5.73 Å². The highest BCUT2D eigenvalue weighted by atomic mass is 16.3. The topological polar surface area (TPSA) is 66.5 Å². The van der Waals surface area contributed by atoms with Gasteiger partial charge in [-0.25, -0.2) is 0 Å². The Morgan fingerprint density at radius 2 is 1.24 bits per heavy atom. The van der Waals surface area contributed by atoms with Gasteiger partial charge in [0.15, 0.2) is 0 Å². The Hall–Kier alpha value is -0.560. The number of hydrogen-bond donors (Lipinski definition) is 3. The van der Waals surface area contributed by atoms with Gasteiger partial charge in [-0.05, 0) is 12.8 Å². The number of nitrogens with two attached hydrogens (primary N) is 1. The molecule has 0 aromatic rings. The van der Waals surface area contributed by atoms with Crippen LogP contribution >= 0.6 is 0 Å². The lowest BCUT2D eigenvalue weighted by molar-refractivity contribution is 0.0990. The fourth-order valence-electron chi connectivity index (χ4n) is 2.51. The Balaban J connectivity index is 3.11. The van der Waals surface area contributed by atoms with Crippen LogP contribution in [0, 0.1) is 12.3 Å². The normalized spacial score (nSPS) is 13.8. The van der Waals surface area contributed by atoms with Gasteiger partial charge in [-0.15, -0.1) is 12.3 Å². The first kappa shape index (κ1) is 20.4. The summed E-state index contributed by atoms with van der Waals surface area (Å²) in [5.41, 5.74) is 5.55. The lowest BCUT2D eigenvalue weighted by Crippen LogP contribution is -2.37. The Bertz CT molecular complexity index is 250. The molecular weight excluding hydrogens is 262 g/mol. The summed E-state index contributed by atoms with van der Waals surface area (Å²) in [7, 11) is 0. The minimum absolute atomic E-state index is 0.135. The van der Waals surface area contributed by atoms with E-state index in [1.807, 2.05) is 0 Å². The molecule has 0 unspecified atom stereocenters. The lowest BCUT2D eigenvalue weighted by Gasteiger charge is -2.15. The van der Waals surface area contributed by atoms with Crippen molar-refractivity contribution in [3.63, 3.8) is 0 Å². The fourth-order valence-corrected chi connectivity index (χ4v) is 2.51. The highest BCUT2D eigenvalue weighted by Crippen LogP contribution is 2.13. The average molecular weight is 297 g/mol. The smallest absolute Gasteiger partial charge is 0.0713 e. The number of rotatable bonds is 15. The number of hydrogen-bond acceptors (Lipinski definition) is 3. The second-order valence-corrected chi connectivity index (χ2v) is 6.05. The number of aliphatic hydroxyl groups is 2. The molecule has 0 aliphatic carbocycles. The first-order valence-corrected chi connectivity index (χ1v) is 8.70. The van der Waals surface area contributed by atoms with E-state index in [4.69, 9.17) is 17.3 Å². The van der Waals surface area contributed by atoms with Gasteiger partial charge in [0.25, 0.3) is 0 Å². The van der Waals surface area contributed by atoms with Crippen LogP contribution in [-0.4, -0.2) is 29.0 Å². The molecule has 0 aromatic carbocycles. The molecule has 0 heterocycles. The molecule has 4 N–H and O–H groups in total. The zero-order chi connectivity index (χ0) is 15.8. The minimum Gasteiger partial charge on any atom is -0.395 e. The second kappa shape index (κ2) is 15.8. The second-order valence-electron chi connectivity index (χ2n) is 6.05. The van der Waals surface area contributed by atoms with E-state index in [0.717, 1.165) is 19.3 Å². The van der Waals surface area contributed by atoms with Gasteiger partial charge in [0, 0.05) is 6.42 Å². The first-order valence-electron chi connectivity index (χ1n) is 8.70. The van der Waals surface area contributed by atoms with E-state index < -0.39 is 12.1 Å². The molecule has 0 spiro atoms. The summed E-state index contributed by atoms with van der Waals surface area (Å²) in [6, 6.07) is -0.481. The molecular formula is C18H35NO2. The van der Waals surface area contributed by atoms with Crippen LogP contribution in [0.3, 0.4) is 0 Å². The maximum Gasteiger partial charge on any atom is 0.0713 e. The number of aliphatic hydroxyl groups excluding tert-OH is 2. The summed E-state index contributed by atoms with van der Waals surface area (Å²) < 4.78 is 0. The predicted octanol–water partition coefficient (Wildman–Crippen LogP) is 3.37.